The number of hydrogen-bond acceptors (Lipinski definition) is 3. The Morgan fingerprint density at radius 2 is 2.27 bits per heavy atom. The number of hydrogen-bond donors (Lipinski definition) is 1. The molecule has 1 aromatic rings. The van der Waals surface area contributed by atoms with Gasteiger partial charge in [-0.15, -0.1) is 0 Å². The highest BCUT2D eigenvalue weighted by Crippen LogP contribution is 2.11. The minimum atomic E-state index is 0.681. The Bertz CT molecular complexity index is 278. The second-order valence-electron chi connectivity index (χ2n) is 3.41. The van der Waals surface area contributed by atoms with E-state index in [1.807, 2.05) is 11.8 Å². The minimum absolute atomic E-state index is 0.681. The lowest BCUT2D eigenvalue weighted by Crippen LogP contribution is -2.02. The van der Waals surface area contributed by atoms with E-state index in [2.05, 4.69) is 35.8 Å². The van der Waals surface area contributed by atoms with Crippen molar-refractivity contribution in [3.05, 3.63) is 29.8 Å². The molecule has 0 aliphatic rings. The van der Waals surface area contributed by atoms with E-state index >= 15 is 0 Å². The molecule has 0 aromatic heterocycles. The van der Waals surface area contributed by atoms with E-state index in [0.717, 1.165) is 6.54 Å². The zero-order valence-electron chi connectivity index (χ0n) is 9.45. The number of anilines is 1. The summed E-state index contributed by atoms with van der Waals surface area (Å²) in [6.45, 7) is 1.72. The van der Waals surface area contributed by atoms with Crippen LogP contribution in [0.1, 0.15) is 12.0 Å². The third-order valence-corrected chi connectivity index (χ3v) is 2.79. The summed E-state index contributed by atoms with van der Waals surface area (Å²) in [5.74, 6) is 1.21. The summed E-state index contributed by atoms with van der Waals surface area (Å²) < 4.78 is 5.09. The van der Waals surface area contributed by atoms with Crippen LogP contribution in [0.3, 0.4) is 0 Å². The average Bonchev–Trinajstić information content (AvgIpc) is 2.26. The number of thioether (sulfide) groups is 1. The van der Waals surface area contributed by atoms with Gasteiger partial charge in [0, 0.05) is 19.3 Å². The maximum absolute atomic E-state index is 5.09. The first-order valence-corrected chi connectivity index (χ1v) is 6.57. The molecule has 84 valence electrons. The predicted octanol–water partition coefficient (Wildman–Crippen LogP) is 3.00. The molecule has 0 saturated heterocycles. The maximum atomic E-state index is 5.09. The predicted molar refractivity (Wildman–Crippen MR) is 68.6 cm³/mol. The fourth-order valence-electron chi connectivity index (χ4n) is 1.39. The number of rotatable bonds is 7. The molecule has 15 heavy (non-hydrogen) atoms. The molecule has 1 N–H and O–H groups in total. The molecule has 1 aromatic carbocycles. The van der Waals surface area contributed by atoms with E-state index in [1.165, 1.54) is 23.4 Å². The smallest absolute Gasteiger partial charge is 0.0713 e. The summed E-state index contributed by atoms with van der Waals surface area (Å²) in [4.78, 5) is 0. The Balaban J connectivity index is 2.36. The van der Waals surface area contributed by atoms with Crippen LogP contribution in [0.15, 0.2) is 24.3 Å². The molecule has 0 bridgehead atoms. The van der Waals surface area contributed by atoms with Gasteiger partial charge in [-0.1, -0.05) is 12.1 Å². The molecule has 0 spiro atoms. The van der Waals surface area contributed by atoms with Gasteiger partial charge >= 0.3 is 0 Å². The number of ether oxygens (including phenoxy) is 1. The monoisotopic (exact) mass is 225 g/mol. The van der Waals surface area contributed by atoms with E-state index in [-0.39, 0.29) is 0 Å². The van der Waals surface area contributed by atoms with Gasteiger partial charge in [-0.25, -0.2) is 0 Å². The van der Waals surface area contributed by atoms with Crippen molar-refractivity contribution in [1.29, 1.82) is 0 Å². The van der Waals surface area contributed by atoms with Gasteiger partial charge < -0.3 is 10.1 Å². The van der Waals surface area contributed by atoms with Crippen LogP contribution < -0.4 is 5.32 Å². The first kappa shape index (κ1) is 12.4. The van der Waals surface area contributed by atoms with Crippen molar-refractivity contribution in [1.82, 2.24) is 0 Å². The summed E-state index contributed by atoms with van der Waals surface area (Å²) in [5, 5.41) is 3.41. The van der Waals surface area contributed by atoms with Gasteiger partial charge in [-0.3, -0.25) is 0 Å². The van der Waals surface area contributed by atoms with Gasteiger partial charge in [0.2, 0.25) is 0 Å². The number of benzene rings is 1. The van der Waals surface area contributed by atoms with Crippen LogP contribution >= 0.6 is 11.8 Å². The molecule has 0 atom stereocenters. The normalized spacial score (nSPS) is 10.3. The molecule has 0 fully saturated rings. The second kappa shape index (κ2) is 7.60. The second-order valence-corrected chi connectivity index (χ2v) is 4.39. The summed E-state index contributed by atoms with van der Waals surface area (Å²) in [6.07, 6.45) is 3.34. The Morgan fingerprint density at radius 1 is 1.40 bits per heavy atom. The Hall–Kier alpha value is -0.670. The highest BCUT2D eigenvalue weighted by molar-refractivity contribution is 7.98. The Morgan fingerprint density at radius 3 is 3.00 bits per heavy atom. The first-order chi connectivity index (χ1) is 7.36. The zero-order chi connectivity index (χ0) is 10.9. The molecular formula is C12H19NOS. The van der Waals surface area contributed by atoms with Crippen molar-refractivity contribution in [3.63, 3.8) is 0 Å². The van der Waals surface area contributed by atoms with Gasteiger partial charge in [0.1, 0.15) is 0 Å². The summed E-state index contributed by atoms with van der Waals surface area (Å²) >= 11 is 1.89. The molecule has 0 radical (unpaired) electrons. The van der Waals surface area contributed by atoms with Crippen LogP contribution in [0.5, 0.6) is 0 Å². The summed E-state index contributed by atoms with van der Waals surface area (Å²) in [5.41, 5.74) is 2.40. The largest absolute Gasteiger partial charge is 0.385 e. The van der Waals surface area contributed by atoms with Crippen LogP contribution in [0.4, 0.5) is 5.69 Å². The Kier molecular flexibility index (Phi) is 6.28. The highest BCUT2D eigenvalue weighted by Gasteiger charge is 1.94. The van der Waals surface area contributed by atoms with Crippen molar-refractivity contribution in [2.45, 2.75) is 13.0 Å². The fourth-order valence-corrected chi connectivity index (χ4v) is 1.82. The average molecular weight is 225 g/mol. The quantitative estimate of drug-likeness (QED) is 0.721. The molecule has 0 heterocycles. The van der Waals surface area contributed by atoms with Gasteiger partial charge in [0.05, 0.1) is 6.61 Å². The SMILES string of the molecule is COCc1cccc(NCCCSC)c1. The molecule has 0 amide bonds. The van der Waals surface area contributed by atoms with Crippen LogP contribution in [0.25, 0.3) is 0 Å². The highest BCUT2D eigenvalue weighted by atomic mass is 32.2. The van der Waals surface area contributed by atoms with Crippen LogP contribution in [-0.4, -0.2) is 25.7 Å². The fraction of sp³-hybridized carbons (Fsp3) is 0.500. The minimum Gasteiger partial charge on any atom is -0.385 e. The van der Waals surface area contributed by atoms with Gasteiger partial charge in [0.25, 0.3) is 0 Å². The standard InChI is InChI=1S/C12H19NOS/c1-14-10-11-5-3-6-12(9-11)13-7-4-8-15-2/h3,5-6,9,13H,4,7-8,10H2,1-2H3. The molecule has 0 aliphatic carbocycles. The van der Waals surface area contributed by atoms with Crippen molar-refractivity contribution < 1.29 is 4.74 Å². The van der Waals surface area contributed by atoms with Crippen molar-refractivity contribution in [2.24, 2.45) is 0 Å². The number of nitrogens with one attached hydrogen (secondary N) is 1. The van der Waals surface area contributed by atoms with Crippen molar-refractivity contribution in [3.8, 4) is 0 Å². The van der Waals surface area contributed by atoms with Gasteiger partial charge in [-0.05, 0) is 36.1 Å². The molecule has 0 aliphatic heterocycles. The summed E-state index contributed by atoms with van der Waals surface area (Å²) in [7, 11) is 1.72. The Labute approximate surface area is 96.4 Å². The van der Waals surface area contributed by atoms with Gasteiger partial charge in [-0.2, -0.15) is 11.8 Å². The molecular weight excluding hydrogens is 206 g/mol. The lowest BCUT2D eigenvalue weighted by molar-refractivity contribution is 0.185. The van der Waals surface area contributed by atoms with Crippen molar-refractivity contribution in [2.75, 3.05) is 31.0 Å². The molecule has 0 saturated carbocycles. The van der Waals surface area contributed by atoms with Crippen LogP contribution in [0.2, 0.25) is 0 Å². The molecule has 0 unspecified atom stereocenters. The molecule has 2 nitrogen and oxygen atoms in total. The van der Waals surface area contributed by atoms with Crippen LogP contribution in [0, 0.1) is 0 Å². The van der Waals surface area contributed by atoms with E-state index < -0.39 is 0 Å². The topological polar surface area (TPSA) is 21.3 Å². The zero-order valence-corrected chi connectivity index (χ0v) is 10.3. The lowest BCUT2D eigenvalue weighted by Gasteiger charge is -2.07. The third kappa shape index (κ3) is 5.09. The van der Waals surface area contributed by atoms with E-state index in [1.54, 1.807) is 7.11 Å². The van der Waals surface area contributed by atoms with E-state index in [9.17, 15) is 0 Å². The first-order valence-electron chi connectivity index (χ1n) is 5.17. The molecule has 1 rings (SSSR count). The third-order valence-electron chi connectivity index (χ3n) is 2.09. The maximum Gasteiger partial charge on any atom is 0.0713 e. The molecule has 3 heteroatoms. The summed E-state index contributed by atoms with van der Waals surface area (Å²) in [6, 6.07) is 8.38. The van der Waals surface area contributed by atoms with Gasteiger partial charge in [0.15, 0.2) is 0 Å². The number of methoxy groups -OCH3 is 1. The van der Waals surface area contributed by atoms with Crippen molar-refractivity contribution >= 4 is 17.4 Å². The van der Waals surface area contributed by atoms with E-state index in [0.29, 0.717) is 6.61 Å². The lowest BCUT2D eigenvalue weighted by atomic mass is 10.2. The van der Waals surface area contributed by atoms with E-state index in [4.69, 9.17) is 4.74 Å². The van der Waals surface area contributed by atoms with Crippen LogP contribution in [-0.2, 0) is 11.3 Å².